The van der Waals surface area contributed by atoms with E-state index in [0.717, 1.165) is 10.6 Å². The maximum Gasteiger partial charge on any atom is 0.232 e. The summed E-state index contributed by atoms with van der Waals surface area (Å²) in [4.78, 5) is 31.8. The van der Waals surface area contributed by atoms with E-state index in [-0.39, 0.29) is 18.1 Å². The van der Waals surface area contributed by atoms with Gasteiger partial charge in [0.05, 0.1) is 17.1 Å². The molecule has 24 heavy (non-hydrogen) atoms. The smallest absolute Gasteiger partial charge is 0.232 e. The summed E-state index contributed by atoms with van der Waals surface area (Å²) in [6.07, 6.45) is 0.135. The Morgan fingerprint density at radius 3 is 2.67 bits per heavy atom. The molecule has 2 heterocycles. The number of hydrogen-bond acceptors (Lipinski definition) is 6. The largest absolute Gasteiger partial charge is 0.302 e. The zero-order chi connectivity index (χ0) is 17.1. The fourth-order valence-electron chi connectivity index (χ4n) is 1.97. The minimum absolute atomic E-state index is 0.129. The summed E-state index contributed by atoms with van der Waals surface area (Å²) in [5.41, 5.74) is 1.86. The molecule has 0 unspecified atom stereocenters. The van der Waals surface area contributed by atoms with Crippen molar-refractivity contribution >= 4 is 51.1 Å². The van der Waals surface area contributed by atoms with Gasteiger partial charge in [-0.1, -0.05) is 29.8 Å². The summed E-state index contributed by atoms with van der Waals surface area (Å²) in [6, 6.07) is 7.45. The summed E-state index contributed by atoms with van der Waals surface area (Å²) in [7, 11) is 0. The molecule has 1 amide bonds. The molecule has 0 aliphatic heterocycles. The molecule has 0 atom stereocenters. The van der Waals surface area contributed by atoms with Crippen molar-refractivity contribution in [3.63, 3.8) is 0 Å². The van der Waals surface area contributed by atoms with Crippen molar-refractivity contribution in [1.29, 1.82) is 0 Å². The highest BCUT2D eigenvalue weighted by Crippen LogP contribution is 2.30. The van der Waals surface area contributed by atoms with Crippen LogP contribution in [0.4, 0.5) is 5.13 Å². The van der Waals surface area contributed by atoms with Gasteiger partial charge in [-0.25, -0.2) is 9.97 Å². The number of carbonyl (C=O) groups is 2. The van der Waals surface area contributed by atoms with Crippen molar-refractivity contribution in [3.05, 3.63) is 51.4 Å². The number of carbonyl (C=O) groups excluding carboxylic acids is 2. The fourth-order valence-corrected chi connectivity index (χ4v) is 3.87. The molecule has 0 spiro atoms. The first-order valence-corrected chi connectivity index (χ1v) is 9.12. The Kier molecular flexibility index (Phi) is 5.03. The predicted octanol–water partition coefficient (Wildman–Crippen LogP) is 4.30. The number of amides is 1. The van der Waals surface area contributed by atoms with Gasteiger partial charge < -0.3 is 5.32 Å². The zero-order valence-electron chi connectivity index (χ0n) is 12.6. The molecule has 0 aliphatic rings. The number of aromatic nitrogens is 2. The van der Waals surface area contributed by atoms with Crippen molar-refractivity contribution in [2.24, 2.45) is 0 Å². The van der Waals surface area contributed by atoms with Crippen LogP contribution in [0.5, 0.6) is 0 Å². The average molecular weight is 378 g/mol. The topological polar surface area (TPSA) is 72.0 Å². The molecule has 0 fully saturated rings. The van der Waals surface area contributed by atoms with Crippen LogP contribution in [-0.4, -0.2) is 21.7 Å². The summed E-state index contributed by atoms with van der Waals surface area (Å²) in [5, 5.41) is 7.95. The lowest BCUT2D eigenvalue weighted by atomic mass is 10.2. The standard InChI is InChI=1S/C16H12ClN3O2S2/c1-9(21)13-8-24-16(19-13)20-14(22)6-10-7-23-15(18-10)11-4-2-3-5-12(11)17/h2-5,7-8H,6H2,1H3,(H,19,20,22). The lowest BCUT2D eigenvalue weighted by molar-refractivity contribution is -0.115. The molecular weight excluding hydrogens is 366 g/mol. The molecule has 0 aliphatic carbocycles. The van der Waals surface area contributed by atoms with E-state index in [0.29, 0.717) is 21.5 Å². The second-order valence-corrected chi connectivity index (χ2v) is 7.07. The maximum absolute atomic E-state index is 12.1. The quantitative estimate of drug-likeness (QED) is 0.672. The van der Waals surface area contributed by atoms with E-state index < -0.39 is 0 Å². The molecule has 3 aromatic rings. The number of thiazole rings is 2. The molecule has 0 radical (unpaired) electrons. The number of nitrogens with one attached hydrogen (secondary N) is 1. The van der Waals surface area contributed by atoms with E-state index in [1.807, 2.05) is 23.6 Å². The van der Waals surface area contributed by atoms with Crippen LogP contribution < -0.4 is 5.32 Å². The highest BCUT2D eigenvalue weighted by Gasteiger charge is 2.13. The fraction of sp³-hybridized carbons (Fsp3) is 0.125. The first kappa shape index (κ1) is 16.8. The van der Waals surface area contributed by atoms with Crippen LogP contribution >= 0.6 is 34.3 Å². The number of ketones is 1. The van der Waals surface area contributed by atoms with Crippen LogP contribution in [0.25, 0.3) is 10.6 Å². The second-order valence-electron chi connectivity index (χ2n) is 4.94. The predicted molar refractivity (Wildman–Crippen MR) is 97.0 cm³/mol. The molecule has 0 saturated carbocycles. The van der Waals surface area contributed by atoms with Gasteiger partial charge in [0, 0.05) is 23.2 Å². The van der Waals surface area contributed by atoms with Crippen molar-refractivity contribution in [2.75, 3.05) is 5.32 Å². The van der Waals surface area contributed by atoms with Gasteiger partial charge >= 0.3 is 0 Å². The van der Waals surface area contributed by atoms with Gasteiger partial charge in [-0.3, -0.25) is 9.59 Å². The van der Waals surface area contributed by atoms with Gasteiger partial charge in [-0.05, 0) is 6.07 Å². The molecular formula is C16H12ClN3O2S2. The van der Waals surface area contributed by atoms with Crippen molar-refractivity contribution in [3.8, 4) is 10.6 Å². The summed E-state index contributed by atoms with van der Waals surface area (Å²) in [6.45, 7) is 1.44. The Balaban J connectivity index is 1.67. The minimum Gasteiger partial charge on any atom is -0.302 e. The average Bonchev–Trinajstić information content (AvgIpc) is 3.17. The Morgan fingerprint density at radius 2 is 1.96 bits per heavy atom. The van der Waals surface area contributed by atoms with Gasteiger partial charge in [0.1, 0.15) is 10.7 Å². The Labute approximate surface area is 151 Å². The van der Waals surface area contributed by atoms with E-state index in [1.165, 1.54) is 29.6 Å². The van der Waals surface area contributed by atoms with Gasteiger partial charge in [0.25, 0.3) is 0 Å². The summed E-state index contributed by atoms with van der Waals surface area (Å²) in [5.74, 6) is -0.355. The minimum atomic E-state index is -0.226. The molecule has 1 aromatic carbocycles. The summed E-state index contributed by atoms with van der Waals surface area (Å²) >= 11 is 8.82. The molecule has 122 valence electrons. The zero-order valence-corrected chi connectivity index (χ0v) is 15.0. The lowest BCUT2D eigenvalue weighted by Crippen LogP contribution is -2.14. The number of rotatable bonds is 5. The van der Waals surface area contributed by atoms with Crippen LogP contribution in [-0.2, 0) is 11.2 Å². The Hall–Kier alpha value is -2.09. The summed E-state index contributed by atoms with van der Waals surface area (Å²) < 4.78 is 0. The molecule has 1 N–H and O–H groups in total. The first-order valence-electron chi connectivity index (χ1n) is 6.98. The molecule has 3 rings (SSSR count). The third-order valence-electron chi connectivity index (χ3n) is 3.11. The normalized spacial score (nSPS) is 10.6. The van der Waals surface area contributed by atoms with Gasteiger partial charge in [-0.2, -0.15) is 0 Å². The van der Waals surface area contributed by atoms with Gasteiger partial charge in [-0.15, -0.1) is 22.7 Å². The first-order chi connectivity index (χ1) is 11.5. The molecule has 0 saturated heterocycles. The molecule has 5 nitrogen and oxygen atoms in total. The molecule has 0 bridgehead atoms. The number of nitrogens with zero attached hydrogens (tertiary/aromatic N) is 2. The van der Waals surface area contributed by atoms with Crippen LogP contribution in [0.1, 0.15) is 23.1 Å². The third kappa shape index (κ3) is 3.87. The van der Waals surface area contributed by atoms with Crippen LogP contribution in [0.3, 0.4) is 0 Å². The van der Waals surface area contributed by atoms with Crippen molar-refractivity contribution < 1.29 is 9.59 Å². The van der Waals surface area contributed by atoms with E-state index in [2.05, 4.69) is 15.3 Å². The van der Waals surface area contributed by atoms with Gasteiger partial charge in [0.15, 0.2) is 10.9 Å². The highest BCUT2D eigenvalue weighted by atomic mass is 35.5. The number of anilines is 1. The Morgan fingerprint density at radius 1 is 1.17 bits per heavy atom. The van der Waals surface area contributed by atoms with Crippen LogP contribution in [0.15, 0.2) is 35.0 Å². The number of benzene rings is 1. The van der Waals surface area contributed by atoms with Crippen LogP contribution in [0, 0.1) is 0 Å². The molecule has 8 heteroatoms. The van der Waals surface area contributed by atoms with E-state index in [4.69, 9.17) is 11.6 Å². The van der Waals surface area contributed by atoms with Crippen molar-refractivity contribution in [2.45, 2.75) is 13.3 Å². The monoisotopic (exact) mass is 377 g/mol. The lowest BCUT2D eigenvalue weighted by Gasteiger charge is -2.00. The third-order valence-corrected chi connectivity index (χ3v) is 5.12. The number of hydrogen-bond donors (Lipinski definition) is 1. The van der Waals surface area contributed by atoms with E-state index in [9.17, 15) is 9.59 Å². The van der Waals surface area contributed by atoms with E-state index in [1.54, 1.807) is 11.4 Å². The SMILES string of the molecule is CC(=O)c1csc(NC(=O)Cc2csc(-c3ccccc3Cl)n2)n1. The molecule has 2 aromatic heterocycles. The Bertz CT molecular complexity index is 904. The number of halogens is 1. The van der Waals surface area contributed by atoms with E-state index >= 15 is 0 Å². The highest BCUT2D eigenvalue weighted by molar-refractivity contribution is 7.14. The van der Waals surface area contributed by atoms with Gasteiger partial charge in [0.2, 0.25) is 5.91 Å². The number of Topliss-reactive ketones (excluding diaryl/α,β-unsaturated/α-hetero) is 1. The van der Waals surface area contributed by atoms with Crippen molar-refractivity contribution in [1.82, 2.24) is 9.97 Å². The van der Waals surface area contributed by atoms with Crippen LogP contribution in [0.2, 0.25) is 5.02 Å². The maximum atomic E-state index is 12.1. The second kappa shape index (κ2) is 7.21.